The van der Waals surface area contributed by atoms with Gasteiger partial charge in [0.2, 0.25) is 0 Å². The van der Waals surface area contributed by atoms with Gasteiger partial charge < -0.3 is 9.84 Å². The van der Waals surface area contributed by atoms with Crippen LogP contribution in [0.4, 0.5) is 4.39 Å². The first kappa shape index (κ1) is 13.5. The van der Waals surface area contributed by atoms with E-state index in [0.717, 1.165) is 16.6 Å². The number of phenolic OH excluding ortho intramolecular Hbond substituents is 1. The molecule has 0 aliphatic heterocycles. The molecule has 0 bridgehead atoms. The molecule has 19 heavy (non-hydrogen) atoms. The van der Waals surface area contributed by atoms with E-state index in [1.807, 2.05) is 0 Å². The van der Waals surface area contributed by atoms with E-state index in [2.05, 4.69) is 15.9 Å². The standard InChI is InChI=1S/C14H10BrFO3/c15-10-3-1-9(2-4-10)14(8-17)19-13-6-5-11(16)7-12(13)18/h1-8,14,18H. The maximum atomic E-state index is 12.8. The SMILES string of the molecule is O=CC(Oc1ccc(F)cc1O)c1ccc(Br)cc1. The van der Waals surface area contributed by atoms with Crippen molar-refractivity contribution < 1.29 is 19.0 Å². The van der Waals surface area contributed by atoms with Crippen molar-refractivity contribution in [2.24, 2.45) is 0 Å². The Hall–Kier alpha value is -1.88. The lowest BCUT2D eigenvalue weighted by Crippen LogP contribution is -2.09. The number of halogens is 2. The Kier molecular flexibility index (Phi) is 4.16. The molecule has 2 rings (SSSR count). The first-order chi connectivity index (χ1) is 9.10. The Morgan fingerprint density at radius 2 is 1.89 bits per heavy atom. The van der Waals surface area contributed by atoms with Gasteiger partial charge in [0.25, 0.3) is 0 Å². The number of carbonyl (C=O) groups excluding carboxylic acids is 1. The van der Waals surface area contributed by atoms with Crippen LogP contribution in [0, 0.1) is 5.82 Å². The zero-order chi connectivity index (χ0) is 13.8. The molecule has 1 atom stereocenters. The van der Waals surface area contributed by atoms with Gasteiger partial charge in [0.1, 0.15) is 5.82 Å². The largest absolute Gasteiger partial charge is 0.504 e. The van der Waals surface area contributed by atoms with Crippen molar-refractivity contribution in [2.45, 2.75) is 6.10 Å². The fourth-order valence-corrected chi connectivity index (χ4v) is 1.82. The van der Waals surface area contributed by atoms with Crippen molar-refractivity contribution in [3.05, 3.63) is 58.3 Å². The normalized spacial score (nSPS) is 11.9. The molecule has 5 heteroatoms. The van der Waals surface area contributed by atoms with Crippen LogP contribution < -0.4 is 4.74 Å². The first-order valence-corrected chi connectivity index (χ1v) is 6.25. The van der Waals surface area contributed by atoms with Crippen LogP contribution >= 0.6 is 15.9 Å². The molecule has 0 heterocycles. The van der Waals surface area contributed by atoms with Gasteiger partial charge >= 0.3 is 0 Å². The van der Waals surface area contributed by atoms with E-state index in [4.69, 9.17) is 4.74 Å². The minimum atomic E-state index is -0.857. The van der Waals surface area contributed by atoms with Gasteiger partial charge in [-0.2, -0.15) is 0 Å². The Labute approximate surface area is 117 Å². The molecule has 1 N–H and O–H groups in total. The molecule has 2 aromatic rings. The quantitative estimate of drug-likeness (QED) is 0.874. The van der Waals surface area contributed by atoms with Gasteiger partial charge in [0.05, 0.1) is 0 Å². The van der Waals surface area contributed by atoms with Gasteiger partial charge in [-0.1, -0.05) is 28.1 Å². The molecule has 0 radical (unpaired) electrons. The topological polar surface area (TPSA) is 46.5 Å². The third kappa shape index (κ3) is 3.32. The average molecular weight is 325 g/mol. The predicted octanol–water partition coefficient (Wildman–Crippen LogP) is 3.61. The number of carbonyl (C=O) groups is 1. The van der Waals surface area contributed by atoms with Gasteiger partial charge in [-0.15, -0.1) is 0 Å². The molecule has 98 valence electrons. The van der Waals surface area contributed by atoms with Crippen LogP contribution in [0.3, 0.4) is 0 Å². The van der Waals surface area contributed by atoms with Gasteiger partial charge in [-0.25, -0.2) is 4.39 Å². The summed E-state index contributed by atoms with van der Waals surface area (Å²) >= 11 is 3.29. The third-order valence-corrected chi connectivity index (χ3v) is 3.03. The summed E-state index contributed by atoms with van der Waals surface area (Å²) in [5, 5.41) is 9.54. The average Bonchev–Trinajstić information content (AvgIpc) is 2.39. The molecular formula is C14H10BrFO3. The van der Waals surface area contributed by atoms with Crippen molar-refractivity contribution in [3.63, 3.8) is 0 Å². The lowest BCUT2D eigenvalue weighted by molar-refractivity contribution is -0.113. The molecule has 0 fully saturated rings. The second kappa shape index (κ2) is 5.84. The first-order valence-electron chi connectivity index (χ1n) is 5.46. The summed E-state index contributed by atoms with van der Waals surface area (Å²) in [6.07, 6.45) is -0.240. The molecule has 1 unspecified atom stereocenters. The van der Waals surface area contributed by atoms with Crippen LogP contribution in [0.5, 0.6) is 11.5 Å². The third-order valence-electron chi connectivity index (χ3n) is 2.50. The molecule has 0 spiro atoms. The fraction of sp³-hybridized carbons (Fsp3) is 0.0714. The van der Waals surface area contributed by atoms with E-state index in [9.17, 15) is 14.3 Å². The van der Waals surface area contributed by atoms with Crippen LogP contribution in [0.2, 0.25) is 0 Å². The van der Waals surface area contributed by atoms with Crippen molar-refractivity contribution in [2.75, 3.05) is 0 Å². The Balaban J connectivity index is 2.23. The highest BCUT2D eigenvalue weighted by Gasteiger charge is 2.14. The molecule has 0 saturated carbocycles. The highest BCUT2D eigenvalue weighted by atomic mass is 79.9. The zero-order valence-corrected chi connectivity index (χ0v) is 11.3. The van der Waals surface area contributed by atoms with E-state index in [0.29, 0.717) is 11.8 Å². The van der Waals surface area contributed by atoms with Gasteiger partial charge in [0, 0.05) is 10.5 Å². The van der Waals surface area contributed by atoms with Crippen LogP contribution in [0.15, 0.2) is 46.9 Å². The smallest absolute Gasteiger partial charge is 0.179 e. The van der Waals surface area contributed by atoms with Crippen molar-refractivity contribution in [1.82, 2.24) is 0 Å². The number of aldehydes is 1. The van der Waals surface area contributed by atoms with E-state index in [-0.39, 0.29) is 11.5 Å². The van der Waals surface area contributed by atoms with Gasteiger partial charge in [0.15, 0.2) is 23.9 Å². The maximum Gasteiger partial charge on any atom is 0.179 e. The second-order valence-corrected chi connectivity index (χ2v) is 4.75. The highest BCUT2D eigenvalue weighted by Crippen LogP contribution is 2.30. The van der Waals surface area contributed by atoms with Gasteiger partial charge in [-0.05, 0) is 29.8 Å². The molecule has 0 amide bonds. The molecule has 0 aromatic heterocycles. The van der Waals surface area contributed by atoms with Crippen LogP contribution in [-0.4, -0.2) is 11.4 Å². The summed E-state index contributed by atoms with van der Waals surface area (Å²) in [6.45, 7) is 0. The molecule has 3 nitrogen and oxygen atoms in total. The van der Waals surface area contributed by atoms with Gasteiger partial charge in [-0.3, -0.25) is 4.79 Å². The number of benzene rings is 2. The number of phenols is 1. The molecule has 0 saturated heterocycles. The van der Waals surface area contributed by atoms with E-state index >= 15 is 0 Å². The number of aromatic hydroxyl groups is 1. The number of hydrogen-bond donors (Lipinski definition) is 1. The Morgan fingerprint density at radius 1 is 1.21 bits per heavy atom. The van der Waals surface area contributed by atoms with Crippen LogP contribution in [0.1, 0.15) is 11.7 Å². The minimum Gasteiger partial charge on any atom is -0.504 e. The number of hydrogen-bond acceptors (Lipinski definition) is 3. The Bertz CT molecular complexity index is 584. The van der Waals surface area contributed by atoms with E-state index in [1.54, 1.807) is 24.3 Å². The summed E-state index contributed by atoms with van der Waals surface area (Å²) in [4.78, 5) is 11.1. The lowest BCUT2D eigenvalue weighted by Gasteiger charge is -2.14. The summed E-state index contributed by atoms with van der Waals surface area (Å²) in [6, 6.07) is 10.4. The van der Waals surface area contributed by atoms with Crippen LogP contribution in [-0.2, 0) is 4.79 Å². The monoisotopic (exact) mass is 324 g/mol. The summed E-state index contributed by atoms with van der Waals surface area (Å²) < 4.78 is 19.1. The highest BCUT2D eigenvalue weighted by molar-refractivity contribution is 9.10. The van der Waals surface area contributed by atoms with Crippen molar-refractivity contribution >= 4 is 22.2 Å². The number of ether oxygens (including phenoxy) is 1. The fourth-order valence-electron chi connectivity index (χ4n) is 1.55. The van der Waals surface area contributed by atoms with E-state index < -0.39 is 11.9 Å². The second-order valence-electron chi connectivity index (χ2n) is 3.84. The molecular weight excluding hydrogens is 315 g/mol. The van der Waals surface area contributed by atoms with Crippen molar-refractivity contribution in [3.8, 4) is 11.5 Å². The number of rotatable bonds is 4. The summed E-state index contributed by atoms with van der Waals surface area (Å²) in [5.74, 6) is -0.860. The minimum absolute atomic E-state index is 0.0569. The summed E-state index contributed by atoms with van der Waals surface area (Å²) in [7, 11) is 0. The summed E-state index contributed by atoms with van der Waals surface area (Å²) in [5.41, 5.74) is 0.641. The molecule has 2 aromatic carbocycles. The van der Waals surface area contributed by atoms with Crippen LogP contribution in [0.25, 0.3) is 0 Å². The maximum absolute atomic E-state index is 12.8. The van der Waals surface area contributed by atoms with E-state index in [1.165, 1.54) is 6.07 Å². The molecule has 0 aliphatic rings. The zero-order valence-electron chi connectivity index (χ0n) is 9.72. The Morgan fingerprint density at radius 3 is 2.47 bits per heavy atom. The molecule has 0 aliphatic carbocycles. The predicted molar refractivity (Wildman–Crippen MR) is 71.6 cm³/mol. The van der Waals surface area contributed by atoms with Crippen molar-refractivity contribution in [1.29, 1.82) is 0 Å². The lowest BCUT2D eigenvalue weighted by atomic mass is 10.1.